The van der Waals surface area contributed by atoms with Gasteiger partial charge in [0.1, 0.15) is 5.75 Å². The Morgan fingerprint density at radius 3 is 2.67 bits per heavy atom. The second kappa shape index (κ2) is 6.40. The second-order valence-corrected chi connectivity index (χ2v) is 5.11. The van der Waals surface area contributed by atoms with Crippen LogP contribution in [0.5, 0.6) is 5.75 Å². The van der Waals surface area contributed by atoms with E-state index in [1.54, 1.807) is 0 Å². The van der Waals surface area contributed by atoms with Gasteiger partial charge in [-0.15, -0.1) is 0 Å². The molecule has 0 aromatic heterocycles. The topological polar surface area (TPSA) is 50.4 Å². The summed E-state index contributed by atoms with van der Waals surface area (Å²) in [6, 6.07) is 7.39. The third-order valence-electron chi connectivity index (χ3n) is 2.21. The van der Waals surface area contributed by atoms with Crippen LogP contribution in [0, 0.1) is 0 Å². The van der Waals surface area contributed by atoms with E-state index in [0.717, 1.165) is 11.4 Å². The maximum Gasteiger partial charge on any atom is 0.238 e. The van der Waals surface area contributed by atoms with Gasteiger partial charge in [-0.05, 0) is 39.8 Å². The standard InChI is InChI=1S/C14H22N2O2/c1-5-18-12-8-6-7-11(9-12)16-13(17)10-15-14(2,3)4/h6-9,15H,5,10H2,1-4H3,(H,16,17). The van der Waals surface area contributed by atoms with E-state index in [0.29, 0.717) is 13.2 Å². The van der Waals surface area contributed by atoms with Crippen LogP contribution in [0.2, 0.25) is 0 Å². The Morgan fingerprint density at radius 1 is 1.33 bits per heavy atom. The molecule has 4 heteroatoms. The molecular formula is C14H22N2O2. The summed E-state index contributed by atoms with van der Waals surface area (Å²) in [7, 11) is 0. The summed E-state index contributed by atoms with van der Waals surface area (Å²) in [6.07, 6.45) is 0. The molecule has 1 rings (SSSR count). The van der Waals surface area contributed by atoms with Gasteiger partial charge >= 0.3 is 0 Å². The first-order valence-corrected chi connectivity index (χ1v) is 6.18. The number of benzene rings is 1. The van der Waals surface area contributed by atoms with Gasteiger partial charge in [0.15, 0.2) is 0 Å². The number of anilines is 1. The lowest BCUT2D eigenvalue weighted by atomic mass is 10.1. The van der Waals surface area contributed by atoms with Crippen molar-refractivity contribution in [2.45, 2.75) is 33.2 Å². The molecule has 4 nitrogen and oxygen atoms in total. The molecule has 0 atom stereocenters. The van der Waals surface area contributed by atoms with Gasteiger partial charge in [0, 0.05) is 17.3 Å². The highest BCUT2D eigenvalue weighted by Crippen LogP contribution is 2.17. The largest absolute Gasteiger partial charge is 0.494 e. The minimum absolute atomic E-state index is 0.0569. The molecule has 0 spiro atoms. The third-order valence-corrected chi connectivity index (χ3v) is 2.21. The quantitative estimate of drug-likeness (QED) is 0.843. The van der Waals surface area contributed by atoms with Crippen LogP contribution in [0.4, 0.5) is 5.69 Å². The summed E-state index contributed by atoms with van der Waals surface area (Å²) in [5, 5.41) is 5.97. The zero-order chi connectivity index (χ0) is 13.6. The molecule has 0 saturated carbocycles. The number of carbonyl (C=O) groups is 1. The fourth-order valence-corrected chi connectivity index (χ4v) is 1.38. The van der Waals surface area contributed by atoms with Gasteiger partial charge in [0.05, 0.1) is 13.2 Å². The molecule has 18 heavy (non-hydrogen) atoms. The van der Waals surface area contributed by atoms with Crippen molar-refractivity contribution in [1.82, 2.24) is 5.32 Å². The molecule has 2 N–H and O–H groups in total. The van der Waals surface area contributed by atoms with Gasteiger partial charge in [-0.25, -0.2) is 0 Å². The molecule has 1 aromatic rings. The Kier molecular flexibility index (Phi) is 5.16. The molecule has 0 aliphatic heterocycles. The minimum atomic E-state index is -0.0650. The minimum Gasteiger partial charge on any atom is -0.494 e. The third kappa shape index (κ3) is 5.68. The van der Waals surface area contributed by atoms with E-state index in [9.17, 15) is 4.79 Å². The summed E-state index contributed by atoms with van der Waals surface area (Å²) in [6.45, 7) is 8.91. The zero-order valence-corrected chi connectivity index (χ0v) is 11.5. The first-order valence-electron chi connectivity index (χ1n) is 6.18. The number of hydrogen-bond donors (Lipinski definition) is 2. The number of hydrogen-bond acceptors (Lipinski definition) is 3. The summed E-state index contributed by atoms with van der Waals surface area (Å²) < 4.78 is 5.38. The Bertz CT molecular complexity index is 397. The van der Waals surface area contributed by atoms with Gasteiger partial charge in [-0.3, -0.25) is 4.79 Å². The van der Waals surface area contributed by atoms with Crippen LogP contribution in [0.3, 0.4) is 0 Å². The highest BCUT2D eigenvalue weighted by molar-refractivity contribution is 5.92. The van der Waals surface area contributed by atoms with Crippen LogP contribution < -0.4 is 15.4 Å². The smallest absolute Gasteiger partial charge is 0.238 e. The fraction of sp³-hybridized carbons (Fsp3) is 0.500. The Morgan fingerprint density at radius 2 is 2.06 bits per heavy atom. The van der Waals surface area contributed by atoms with Crippen LogP contribution in [-0.4, -0.2) is 24.6 Å². The normalized spacial score (nSPS) is 11.1. The Labute approximate surface area is 109 Å². The summed E-state index contributed by atoms with van der Waals surface area (Å²) >= 11 is 0. The lowest BCUT2D eigenvalue weighted by Crippen LogP contribution is -2.41. The van der Waals surface area contributed by atoms with Crippen molar-refractivity contribution in [3.63, 3.8) is 0 Å². The Hall–Kier alpha value is -1.55. The predicted octanol–water partition coefficient (Wildman–Crippen LogP) is 2.41. The molecular weight excluding hydrogens is 228 g/mol. The van der Waals surface area contributed by atoms with Crippen molar-refractivity contribution >= 4 is 11.6 Å². The molecule has 0 bridgehead atoms. The van der Waals surface area contributed by atoms with Crippen molar-refractivity contribution in [1.29, 1.82) is 0 Å². The number of carbonyl (C=O) groups excluding carboxylic acids is 1. The monoisotopic (exact) mass is 250 g/mol. The SMILES string of the molecule is CCOc1cccc(NC(=O)CNC(C)(C)C)c1. The van der Waals surface area contributed by atoms with Gasteiger partial charge in [0.2, 0.25) is 5.91 Å². The maximum atomic E-state index is 11.7. The van der Waals surface area contributed by atoms with Crippen molar-refractivity contribution < 1.29 is 9.53 Å². The highest BCUT2D eigenvalue weighted by atomic mass is 16.5. The average molecular weight is 250 g/mol. The lowest BCUT2D eigenvalue weighted by molar-refractivity contribution is -0.115. The number of amides is 1. The zero-order valence-electron chi connectivity index (χ0n) is 11.5. The average Bonchev–Trinajstić information content (AvgIpc) is 2.26. The second-order valence-electron chi connectivity index (χ2n) is 5.11. The molecule has 0 heterocycles. The molecule has 0 radical (unpaired) electrons. The van der Waals surface area contributed by atoms with E-state index >= 15 is 0 Å². The molecule has 0 fully saturated rings. The Balaban J connectivity index is 2.51. The van der Waals surface area contributed by atoms with Gasteiger partial charge < -0.3 is 15.4 Å². The van der Waals surface area contributed by atoms with Crippen LogP contribution in [0.15, 0.2) is 24.3 Å². The summed E-state index contributed by atoms with van der Waals surface area (Å²) in [5.74, 6) is 0.706. The highest BCUT2D eigenvalue weighted by Gasteiger charge is 2.11. The van der Waals surface area contributed by atoms with Gasteiger partial charge in [-0.1, -0.05) is 6.07 Å². The van der Waals surface area contributed by atoms with Crippen LogP contribution in [0.25, 0.3) is 0 Å². The van der Waals surface area contributed by atoms with E-state index < -0.39 is 0 Å². The van der Waals surface area contributed by atoms with Crippen LogP contribution in [-0.2, 0) is 4.79 Å². The van der Waals surface area contributed by atoms with Gasteiger partial charge in [-0.2, -0.15) is 0 Å². The van der Waals surface area contributed by atoms with E-state index in [-0.39, 0.29) is 11.4 Å². The number of ether oxygens (including phenoxy) is 1. The van der Waals surface area contributed by atoms with Crippen LogP contribution >= 0.6 is 0 Å². The molecule has 100 valence electrons. The fourth-order valence-electron chi connectivity index (χ4n) is 1.38. The van der Waals surface area contributed by atoms with Crippen molar-refractivity contribution in [2.24, 2.45) is 0 Å². The maximum absolute atomic E-state index is 11.7. The van der Waals surface area contributed by atoms with E-state index in [1.807, 2.05) is 52.0 Å². The van der Waals surface area contributed by atoms with Crippen molar-refractivity contribution in [3.8, 4) is 5.75 Å². The van der Waals surface area contributed by atoms with E-state index in [2.05, 4.69) is 10.6 Å². The molecule has 0 unspecified atom stereocenters. The van der Waals surface area contributed by atoms with E-state index in [1.165, 1.54) is 0 Å². The molecule has 0 aliphatic carbocycles. The predicted molar refractivity (Wildman–Crippen MR) is 74.0 cm³/mol. The van der Waals surface area contributed by atoms with Crippen molar-refractivity contribution in [2.75, 3.05) is 18.5 Å². The van der Waals surface area contributed by atoms with E-state index in [4.69, 9.17) is 4.74 Å². The summed E-state index contributed by atoms with van der Waals surface area (Å²) in [4.78, 5) is 11.7. The summed E-state index contributed by atoms with van der Waals surface area (Å²) in [5.41, 5.74) is 0.687. The van der Waals surface area contributed by atoms with Crippen LogP contribution in [0.1, 0.15) is 27.7 Å². The lowest BCUT2D eigenvalue weighted by Gasteiger charge is -2.20. The number of nitrogens with one attached hydrogen (secondary N) is 2. The molecule has 1 aromatic carbocycles. The molecule has 0 aliphatic rings. The molecule has 0 saturated heterocycles. The van der Waals surface area contributed by atoms with Crippen molar-refractivity contribution in [3.05, 3.63) is 24.3 Å². The first kappa shape index (κ1) is 14.5. The first-order chi connectivity index (χ1) is 8.40. The van der Waals surface area contributed by atoms with Gasteiger partial charge in [0.25, 0.3) is 0 Å². The molecule has 1 amide bonds. The number of rotatable bonds is 5.